The summed E-state index contributed by atoms with van der Waals surface area (Å²) in [7, 11) is 2.03. The van der Waals surface area contributed by atoms with Crippen LogP contribution in [0.5, 0.6) is 0 Å². The molecule has 0 aliphatic heterocycles. The van der Waals surface area contributed by atoms with Gasteiger partial charge in [-0.15, -0.1) is 11.8 Å². The molecule has 19 heavy (non-hydrogen) atoms. The Morgan fingerprint density at radius 3 is 2.53 bits per heavy atom. The molecule has 0 aliphatic carbocycles. The zero-order valence-electron chi connectivity index (χ0n) is 11.8. The highest BCUT2D eigenvalue weighted by Crippen LogP contribution is 2.27. The summed E-state index contributed by atoms with van der Waals surface area (Å²) in [5, 5.41) is 3.41. The van der Waals surface area contributed by atoms with Crippen LogP contribution in [0.3, 0.4) is 0 Å². The summed E-state index contributed by atoms with van der Waals surface area (Å²) in [6.07, 6.45) is 0. The number of benzene rings is 2. The van der Waals surface area contributed by atoms with E-state index in [2.05, 4.69) is 67.7 Å². The molecule has 0 aliphatic rings. The van der Waals surface area contributed by atoms with Crippen molar-refractivity contribution in [3.05, 3.63) is 65.2 Å². The van der Waals surface area contributed by atoms with Gasteiger partial charge in [-0.1, -0.05) is 48.0 Å². The Morgan fingerprint density at radius 1 is 1.05 bits per heavy atom. The quantitative estimate of drug-likeness (QED) is 0.811. The normalized spacial score (nSPS) is 12.4. The molecule has 0 amide bonds. The van der Waals surface area contributed by atoms with Crippen LogP contribution in [0.15, 0.2) is 53.4 Å². The van der Waals surface area contributed by atoms with Crippen LogP contribution >= 0.6 is 11.8 Å². The Morgan fingerprint density at radius 2 is 1.84 bits per heavy atom. The summed E-state index contributed by atoms with van der Waals surface area (Å²) in [4.78, 5) is 1.37. The van der Waals surface area contributed by atoms with Crippen molar-refractivity contribution < 1.29 is 0 Å². The van der Waals surface area contributed by atoms with E-state index in [1.807, 2.05) is 18.8 Å². The van der Waals surface area contributed by atoms with Crippen molar-refractivity contribution in [1.82, 2.24) is 5.32 Å². The molecule has 2 heteroatoms. The SMILES string of the molecule is CNC(CSc1ccccc1C)c1cccc(C)c1. The predicted octanol–water partition coefficient (Wildman–Crippen LogP) is 4.36. The molecule has 1 nitrogen and oxygen atoms in total. The maximum absolute atomic E-state index is 3.41. The fraction of sp³-hybridized carbons (Fsp3) is 0.294. The van der Waals surface area contributed by atoms with Crippen molar-refractivity contribution in [2.45, 2.75) is 24.8 Å². The smallest absolute Gasteiger partial charge is 0.0413 e. The lowest BCUT2D eigenvalue weighted by atomic mass is 10.1. The molecule has 0 saturated carbocycles. The van der Waals surface area contributed by atoms with Gasteiger partial charge < -0.3 is 5.32 Å². The second kappa shape index (κ2) is 6.78. The number of hydrogen-bond acceptors (Lipinski definition) is 2. The Bertz CT molecular complexity index is 536. The van der Waals surface area contributed by atoms with Crippen molar-refractivity contribution in [3.63, 3.8) is 0 Å². The number of aryl methyl sites for hydroxylation is 2. The van der Waals surface area contributed by atoms with Gasteiger partial charge in [-0.3, -0.25) is 0 Å². The van der Waals surface area contributed by atoms with E-state index in [0.29, 0.717) is 6.04 Å². The van der Waals surface area contributed by atoms with Gasteiger partial charge in [-0.05, 0) is 38.1 Å². The van der Waals surface area contributed by atoms with E-state index >= 15 is 0 Å². The van der Waals surface area contributed by atoms with Gasteiger partial charge in [-0.25, -0.2) is 0 Å². The third-order valence-electron chi connectivity index (χ3n) is 3.29. The summed E-state index contributed by atoms with van der Waals surface area (Å²) >= 11 is 1.92. The van der Waals surface area contributed by atoms with E-state index in [1.54, 1.807) is 0 Å². The van der Waals surface area contributed by atoms with Crippen molar-refractivity contribution in [2.75, 3.05) is 12.8 Å². The van der Waals surface area contributed by atoms with E-state index in [0.717, 1.165) is 5.75 Å². The fourth-order valence-electron chi connectivity index (χ4n) is 2.12. The van der Waals surface area contributed by atoms with E-state index in [4.69, 9.17) is 0 Å². The molecule has 2 aromatic rings. The first kappa shape index (κ1) is 14.2. The van der Waals surface area contributed by atoms with Crippen LogP contribution in [0.2, 0.25) is 0 Å². The molecule has 2 aromatic carbocycles. The zero-order valence-corrected chi connectivity index (χ0v) is 12.6. The highest BCUT2D eigenvalue weighted by molar-refractivity contribution is 7.99. The predicted molar refractivity (Wildman–Crippen MR) is 84.9 cm³/mol. The van der Waals surface area contributed by atoms with E-state index < -0.39 is 0 Å². The van der Waals surface area contributed by atoms with Gasteiger partial charge in [-0.2, -0.15) is 0 Å². The second-order valence-corrected chi connectivity index (χ2v) is 5.89. The average molecular weight is 271 g/mol. The van der Waals surface area contributed by atoms with Crippen molar-refractivity contribution in [2.24, 2.45) is 0 Å². The standard InChI is InChI=1S/C17H21NS/c1-13-7-6-9-15(11-13)16(18-3)12-19-17-10-5-4-8-14(17)2/h4-11,16,18H,12H2,1-3H3. The zero-order chi connectivity index (χ0) is 13.7. The lowest BCUT2D eigenvalue weighted by Crippen LogP contribution is -2.18. The maximum atomic E-state index is 3.41. The summed E-state index contributed by atoms with van der Waals surface area (Å²) < 4.78 is 0. The van der Waals surface area contributed by atoms with Gasteiger partial charge in [0.2, 0.25) is 0 Å². The van der Waals surface area contributed by atoms with Crippen molar-refractivity contribution in [1.29, 1.82) is 0 Å². The van der Waals surface area contributed by atoms with Gasteiger partial charge in [0.1, 0.15) is 0 Å². The molecular weight excluding hydrogens is 250 g/mol. The van der Waals surface area contributed by atoms with Crippen LogP contribution in [0, 0.1) is 13.8 Å². The third kappa shape index (κ3) is 3.85. The third-order valence-corrected chi connectivity index (χ3v) is 4.56. The van der Waals surface area contributed by atoms with Gasteiger partial charge in [0.15, 0.2) is 0 Å². The van der Waals surface area contributed by atoms with Crippen LogP contribution in [0.25, 0.3) is 0 Å². The summed E-state index contributed by atoms with van der Waals surface area (Å²) in [5.74, 6) is 1.05. The van der Waals surface area contributed by atoms with Crippen LogP contribution < -0.4 is 5.32 Å². The minimum Gasteiger partial charge on any atom is -0.312 e. The first-order valence-corrected chi connectivity index (χ1v) is 7.61. The van der Waals surface area contributed by atoms with Crippen LogP contribution in [-0.2, 0) is 0 Å². The minimum absolute atomic E-state index is 0.393. The van der Waals surface area contributed by atoms with Crippen molar-refractivity contribution >= 4 is 11.8 Å². The topological polar surface area (TPSA) is 12.0 Å². The number of hydrogen-bond donors (Lipinski definition) is 1. The van der Waals surface area contributed by atoms with Gasteiger partial charge >= 0.3 is 0 Å². The molecule has 1 N–H and O–H groups in total. The molecule has 0 saturated heterocycles. The Kier molecular flexibility index (Phi) is 5.06. The molecule has 0 aromatic heterocycles. The van der Waals surface area contributed by atoms with Gasteiger partial charge in [0, 0.05) is 16.7 Å². The van der Waals surface area contributed by atoms with E-state index in [-0.39, 0.29) is 0 Å². The molecule has 0 fully saturated rings. The Labute approximate surface area is 120 Å². The van der Waals surface area contributed by atoms with Crippen LogP contribution in [0.1, 0.15) is 22.7 Å². The molecule has 0 heterocycles. The summed E-state index contributed by atoms with van der Waals surface area (Å²) in [6, 6.07) is 17.7. The van der Waals surface area contributed by atoms with Crippen LogP contribution in [0.4, 0.5) is 0 Å². The molecular formula is C17H21NS. The highest BCUT2D eigenvalue weighted by atomic mass is 32.2. The van der Waals surface area contributed by atoms with E-state index in [1.165, 1.54) is 21.6 Å². The van der Waals surface area contributed by atoms with E-state index in [9.17, 15) is 0 Å². The molecule has 1 unspecified atom stereocenters. The van der Waals surface area contributed by atoms with Crippen LogP contribution in [-0.4, -0.2) is 12.8 Å². The Hall–Kier alpha value is -1.25. The number of rotatable bonds is 5. The fourth-order valence-corrected chi connectivity index (χ4v) is 3.30. The minimum atomic E-state index is 0.393. The number of nitrogens with one attached hydrogen (secondary N) is 1. The van der Waals surface area contributed by atoms with Gasteiger partial charge in [0.25, 0.3) is 0 Å². The maximum Gasteiger partial charge on any atom is 0.0413 e. The first-order valence-electron chi connectivity index (χ1n) is 6.63. The summed E-state index contributed by atoms with van der Waals surface area (Å²) in [6.45, 7) is 4.31. The lowest BCUT2D eigenvalue weighted by Gasteiger charge is -2.17. The molecule has 2 rings (SSSR count). The molecule has 100 valence electrons. The van der Waals surface area contributed by atoms with Gasteiger partial charge in [0.05, 0.1) is 0 Å². The highest BCUT2D eigenvalue weighted by Gasteiger charge is 2.10. The molecule has 0 radical (unpaired) electrons. The summed E-state index contributed by atoms with van der Waals surface area (Å²) in [5.41, 5.74) is 4.04. The second-order valence-electron chi connectivity index (χ2n) is 4.83. The van der Waals surface area contributed by atoms with Crippen molar-refractivity contribution in [3.8, 4) is 0 Å². The molecule has 0 bridgehead atoms. The lowest BCUT2D eigenvalue weighted by molar-refractivity contribution is 0.661. The first-order chi connectivity index (χ1) is 9.20. The average Bonchev–Trinajstić information content (AvgIpc) is 2.41. The Balaban J connectivity index is 2.06. The monoisotopic (exact) mass is 271 g/mol. The largest absolute Gasteiger partial charge is 0.312 e. The molecule has 1 atom stereocenters. The number of thioether (sulfide) groups is 1. The molecule has 0 spiro atoms.